The Balaban J connectivity index is 1.86. The van der Waals surface area contributed by atoms with Crippen molar-refractivity contribution in [3.05, 3.63) is 40.9 Å². The van der Waals surface area contributed by atoms with E-state index in [9.17, 15) is 0 Å². The van der Waals surface area contributed by atoms with Crippen LogP contribution in [-0.2, 0) is 6.42 Å². The molecule has 1 heterocycles. The lowest BCUT2D eigenvalue weighted by molar-refractivity contribution is 0.413. The third kappa shape index (κ3) is 2.71. The number of aromatic nitrogens is 1. The average Bonchev–Trinajstić information content (AvgIpc) is 3.08. The number of hydrogen-bond acceptors (Lipinski definition) is 5. The summed E-state index contributed by atoms with van der Waals surface area (Å²) in [6, 6.07) is 6.79. The summed E-state index contributed by atoms with van der Waals surface area (Å²) in [5.74, 6) is 0.937. The van der Waals surface area contributed by atoms with Crippen LogP contribution in [0.15, 0.2) is 34.1 Å². The van der Waals surface area contributed by atoms with Crippen molar-refractivity contribution >= 4 is 23.1 Å². The molecular formula is C15H18N2OS2. The highest BCUT2D eigenvalue weighted by molar-refractivity contribution is 8.01. The lowest BCUT2D eigenvalue weighted by Gasteiger charge is -2.20. The molecular weight excluding hydrogens is 288 g/mol. The molecule has 0 aliphatic heterocycles. The predicted octanol–water partition coefficient (Wildman–Crippen LogP) is 3.52. The number of benzene rings is 1. The van der Waals surface area contributed by atoms with Gasteiger partial charge in [0.25, 0.3) is 0 Å². The van der Waals surface area contributed by atoms with Crippen molar-refractivity contribution in [2.75, 3.05) is 13.7 Å². The molecule has 1 aliphatic rings. The Kier molecular flexibility index (Phi) is 4.29. The van der Waals surface area contributed by atoms with E-state index in [2.05, 4.69) is 35.4 Å². The number of ether oxygens (including phenoxy) is 1. The maximum Gasteiger partial charge on any atom is 0.150 e. The Morgan fingerprint density at radius 2 is 2.40 bits per heavy atom. The van der Waals surface area contributed by atoms with Crippen molar-refractivity contribution in [1.82, 2.24) is 10.3 Å². The van der Waals surface area contributed by atoms with Gasteiger partial charge in [-0.1, -0.05) is 24.8 Å². The molecule has 2 atom stereocenters. The zero-order chi connectivity index (χ0) is 13.9. The first-order valence-corrected chi connectivity index (χ1v) is 8.54. The molecule has 1 aromatic heterocycles. The average molecular weight is 306 g/mol. The minimum absolute atomic E-state index is 0.374. The Hall–Kier alpha value is -1.04. The first-order valence-electron chi connectivity index (χ1n) is 6.78. The van der Waals surface area contributed by atoms with Gasteiger partial charge in [-0.2, -0.15) is 0 Å². The molecule has 0 bridgehead atoms. The molecule has 1 aliphatic carbocycles. The summed E-state index contributed by atoms with van der Waals surface area (Å²) in [6.45, 7) is 3.12. The Labute approximate surface area is 127 Å². The molecule has 5 heteroatoms. The minimum Gasteiger partial charge on any atom is -0.497 e. The Morgan fingerprint density at radius 1 is 1.50 bits per heavy atom. The van der Waals surface area contributed by atoms with Crippen LogP contribution in [-0.4, -0.2) is 23.9 Å². The molecule has 3 nitrogen and oxygen atoms in total. The second-order valence-corrected chi connectivity index (χ2v) is 7.14. The fourth-order valence-electron chi connectivity index (χ4n) is 2.68. The molecule has 3 rings (SSSR count). The van der Waals surface area contributed by atoms with Gasteiger partial charge in [0.2, 0.25) is 0 Å². The van der Waals surface area contributed by atoms with Gasteiger partial charge in [0, 0.05) is 22.9 Å². The van der Waals surface area contributed by atoms with Crippen LogP contribution in [0.25, 0.3) is 0 Å². The van der Waals surface area contributed by atoms with Gasteiger partial charge < -0.3 is 10.1 Å². The van der Waals surface area contributed by atoms with Crippen LogP contribution in [0, 0.1) is 0 Å². The van der Waals surface area contributed by atoms with Crippen LogP contribution in [0.4, 0.5) is 0 Å². The molecule has 0 saturated carbocycles. The highest BCUT2D eigenvalue weighted by Gasteiger charge is 2.33. The molecule has 106 valence electrons. The van der Waals surface area contributed by atoms with Crippen molar-refractivity contribution < 1.29 is 4.74 Å². The molecule has 2 unspecified atom stereocenters. The third-order valence-electron chi connectivity index (χ3n) is 3.57. The lowest BCUT2D eigenvalue weighted by atomic mass is 10.1. The van der Waals surface area contributed by atoms with E-state index in [0.29, 0.717) is 11.3 Å². The third-order valence-corrected chi connectivity index (χ3v) is 5.76. The quantitative estimate of drug-likeness (QED) is 0.916. The summed E-state index contributed by atoms with van der Waals surface area (Å²) in [5, 5.41) is 6.16. The molecule has 1 N–H and O–H groups in total. The molecule has 0 radical (unpaired) electrons. The highest BCUT2D eigenvalue weighted by atomic mass is 32.2. The molecule has 0 amide bonds. The van der Waals surface area contributed by atoms with E-state index >= 15 is 0 Å². The monoisotopic (exact) mass is 306 g/mol. The van der Waals surface area contributed by atoms with Gasteiger partial charge in [-0.05, 0) is 36.2 Å². The van der Waals surface area contributed by atoms with Crippen LogP contribution in [0.1, 0.15) is 24.1 Å². The number of methoxy groups -OCH3 is 1. The normalized spacial score (nSPS) is 20.9. The second kappa shape index (κ2) is 6.16. The van der Waals surface area contributed by atoms with E-state index in [1.54, 1.807) is 18.4 Å². The van der Waals surface area contributed by atoms with Crippen LogP contribution in [0.2, 0.25) is 0 Å². The summed E-state index contributed by atoms with van der Waals surface area (Å²) in [6.07, 6.45) is 2.96. The van der Waals surface area contributed by atoms with Crippen molar-refractivity contribution in [2.45, 2.75) is 29.0 Å². The number of nitrogens with one attached hydrogen (secondary N) is 1. The van der Waals surface area contributed by atoms with E-state index in [-0.39, 0.29) is 0 Å². The Morgan fingerprint density at radius 3 is 3.10 bits per heavy atom. The fourth-order valence-corrected chi connectivity index (χ4v) is 4.82. The van der Waals surface area contributed by atoms with Gasteiger partial charge >= 0.3 is 0 Å². The SMILES string of the molecule is CCNC1c2cc(OC)ccc2CC1Sc1nccs1. The maximum atomic E-state index is 5.36. The summed E-state index contributed by atoms with van der Waals surface area (Å²) in [7, 11) is 1.72. The first-order chi connectivity index (χ1) is 9.81. The first kappa shape index (κ1) is 13.9. The summed E-state index contributed by atoms with van der Waals surface area (Å²) in [5.41, 5.74) is 2.80. The van der Waals surface area contributed by atoms with E-state index < -0.39 is 0 Å². The van der Waals surface area contributed by atoms with Gasteiger partial charge in [-0.3, -0.25) is 0 Å². The van der Waals surface area contributed by atoms with Crippen LogP contribution >= 0.6 is 23.1 Å². The van der Waals surface area contributed by atoms with Crippen molar-refractivity contribution in [3.8, 4) is 5.75 Å². The van der Waals surface area contributed by atoms with Gasteiger partial charge in [-0.15, -0.1) is 11.3 Å². The summed E-state index contributed by atoms with van der Waals surface area (Å²) in [4.78, 5) is 4.40. The summed E-state index contributed by atoms with van der Waals surface area (Å²) >= 11 is 3.60. The number of thiazole rings is 1. The predicted molar refractivity (Wildman–Crippen MR) is 84.9 cm³/mol. The lowest BCUT2D eigenvalue weighted by Crippen LogP contribution is -2.26. The highest BCUT2D eigenvalue weighted by Crippen LogP contribution is 2.43. The van der Waals surface area contributed by atoms with Crippen LogP contribution in [0.5, 0.6) is 5.75 Å². The number of fused-ring (bicyclic) bond motifs is 1. The van der Waals surface area contributed by atoms with E-state index in [0.717, 1.165) is 23.1 Å². The van der Waals surface area contributed by atoms with Crippen molar-refractivity contribution in [3.63, 3.8) is 0 Å². The van der Waals surface area contributed by atoms with Crippen molar-refractivity contribution in [1.29, 1.82) is 0 Å². The number of nitrogens with zero attached hydrogens (tertiary/aromatic N) is 1. The van der Waals surface area contributed by atoms with E-state index in [4.69, 9.17) is 4.74 Å². The van der Waals surface area contributed by atoms with Gasteiger partial charge in [-0.25, -0.2) is 4.98 Å². The topological polar surface area (TPSA) is 34.1 Å². The number of hydrogen-bond donors (Lipinski definition) is 1. The maximum absolute atomic E-state index is 5.36. The number of rotatable bonds is 5. The summed E-state index contributed by atoms with van der Waals surface area (Å²) < 4.78 is 6.51. The minimum atomic E-state index is 0.374. The van der Waals surface area contributed by atoms with Gasteiger partial charge in [0.05, 0.1) is 7.11 Å². The van der Waals surface area contributed by atoms with Crippen LogP contribution < -0.4 is 10.1 Å². The zero-order valence-corrected chi connectivity index (χ0v) is 13.3. The Bertz CT molecular complexity index is 571. The van der Waals surface area contributed by atoms with E-state index in [1.165, 1.54) is 11.1 Å². The smallest absolute Gasteiger partial charge is 0.150 e. The molecule has 0 saturated heterocycles. The molecule has 20 heavy (non-hydrogen) atoms. The zero-order valence-electron chi connectivity index (χ0n) is 11.6. The van der Waals surface area contributed by atoms with Crippen molar-refractivity contribution in [2.24, 2.45) is 0 Å². The fraction of sp³-hybridized carbons (Fsp3) is 0.400. The largest absolute Gasteiger partial charge is 0.497 e. The molecule has 0 spiro atoms. The number of thioether (sulfide) groups is 1. The molecule has 2 aromatic rings. The van der Waals surface area contributed by atoms with Crippen LogP contribution in [0.3, 0.4) is 0 Å². The standard InChI is InChI=1S/C15H18N2OS2/c1-3-16-14-12-9-11(18-2)5-4-10(12)8-13(14)20-15-17-6-7-19-15/h4-7,9,13-14,16H,3,8H2,1-2H3. The second-order valence-electron chi connectivity index (χ2n) is 4.76. The molecule has 1 aromatic carbocycles. The van der Waals surface area contributed by atoms with Gasteiger partial charge in [0.1, 0.15) is 10.1 Å². The molecule has 0 fully saturated rings. The van der Waals surface area contributed by atoms with Gasteiger partial charge in [0.15, 0.2) is 0 Å². The van der Waals surface area contributed by atoms with E-state index in [1.807, 2.05) is 23.3 Å².